The van der Waals surface area contributed by atoms with Gasteiger partial charge in [-0.05, 0) is 45.3 Å². The van der Waals surface area contributed by atoms with Gasteiger partial charge in [0.25, 0.3) is 0 Å². The first-order chi connectivity index (χ1) is 12.8. The Kier molecular flexibility index (Phi) is 13.5. The lowest BCUT2D eigenvalue weighted by molar-refractivity contribution is 0.368. The van der Waals surface area contributed by atoms with E-state index in [1.165, 1.54) is 62.9 Å². The molecule has 0 saturated heterocycles. The number of rotatable bonds is 16. The molecule has 0 aliphatic rings. The number of unbranched alkanes of at least 4 members (excludes halogenated alkanes) is 4. The number of hydrogen-bond acceptors (Lipinski definition) is 7. The lowest BCUT2D eigenvalue weighted by atomic mass is 9.89. The van der Waals surface area contributed by atoms with E-state index in [9.17, 15) is 0 Å². The van der Waals surface area contributed by atoms with Crippen LogP contribution in [0.3, 0.4) is 0 Å². The van der Waals surface area contributed by atoms with Gasteiger partial charge < -0.3 is 0 Å². The Labute approximate surface area is 187 Å². The average Bonchev–Trinajstić information content (AvgIpc) is 3.02. The van der Waals surface area contributed by atoms with Gasteiger partial charge in [0, 0.05) is 11.5 Å². The third kappa shape index (κ3) is 13.0. The van der Waals surface area contributed by atoms with Crippen molar-refractivity contribution in [2.24, 2.45) is 10.8 Å². The standard InChI is InChI=1S/C20H38N2S5/c1-7-9-11-13-19(3,4)15-23-26-17-21-22-18(25-17)27-24-16-20(5,6)14-12-10-8-2/h7-16H2,1-6H3. The molecule has 0 atom stereocenters. The molecule has 0 spiro atoms. The lowest BCUT2D eigenvalue weighted by Gasteiger charge is -2.23. The zero-order chi connectivity index (χ0) is 20.2. The minimum Gasteiger partial charge on any atom is -0.130 e. The molecule has 0 radical (unpaired) electrons. The molecule has 1 aromatic rings. The van der Waals surface area contributed by atoms with Crippen LogP contribution in [0.25, 0.3) is 0 Å². The SMILES string of the molecule is CCCCCC(C)(C)CSSc1nnc(SSCC(C)(C)CCCCC)s1. The summed E-state index contributed by atoms with van der Waals surface area (Å²) in [7, 11) is 7.46. The molecule has 7 heteroatoms. The molecule has 0 aliphatic heterocycles. The molecule has 2 nitrogen and oxygen atoms in total. The normalized spacial score (nSPS) is 12.7. The van der Waals surface area contributed by atoms with Crippen molar-refractivity contribution in [1.82, 2.24) is 10.2 Å². The van der Waals surface area contributed by atoms with E-state index < -0.39 is 0 Å². The van der Waals surface area contributed by atoms with Crippen LogP contribution in [0.4, 0.5) is 0 Å². The second-order valence-electron chi connectivity index (χ2n) is 8.77. The van der Waals surface area contributed by atoms with Crippen LogP contribution in [-0.2, 0) is 0 Å². The third-order valence-corrected chi connectivity index (χ3v) is 11.5. The largest absolute Gasteiger partial charge is 0.185 e. The van der Waals surface area contributed by atoms with E-state index in [1.807, 2.05) is 21.6 Å². The molecule has 0 aromatic carbocycles. The van der Waals surface area contributed by atoms with Crippen LogP contribution in [0.15, 0.2) is 8.68 Å². The molecule has 158 valence electrons. The zero-order valence-corrected chi connectivity index (χ0v) is 22.1. The minimum absolute atomic E-state index is 0.411. The van der Waals surface area contributed by atoms with Gasteiger partial charge in [-0.3, -0.25) is 0 Å². The van der Waals surface area contributed by atoms with Crippen molar-refractivity contribution >= 4 is 54.5 Å². The third-order valence-electron chi connectivity index (χ3n) is 4.46. The first-order valence-electron chi connectivity index (χ1n) is 10.2. The zero-order valence-electron chi connectivity index (χ0n) is 18.0. The van der Waals surface area contributed by atoms with Gasteiger partial charge in [-0.15, -0.1) is 10.2 Å². The summed E-state index contributed by atoms with van der Waals surface area (Å²) in [5, 5.41) is 8.73. The Hall–Kier alpha value is 0.960. The summed E-state index contributed by atoms with van der Waals surface area (Å²) >= 11 is 1.74. The highest BCUT2D eigenvalue weighted by atomic mass is 33.1. The highest BCUT2D eigenvalue weighted by Crippen LogP contribution is 2.43. The van der Waals surface area contributed by atoms with Crippen LogP contribution in [-0.4, -0.2) is 21.7 Å². The van der Waals surface area contributed by atoms with E-state index in [1.54, 1.807) is 32.9 Å². The van der Waals surface area contributed by atoms with E-state index >= 15 is 0 Å². The maximum atomic E-state index is 4.36. The van der Waals surface area contributed by atoms with Crippen molar-refractivity contribution in [2.75, 3.05) is 11.5 Å². The predicted octanol–water partition coefficient (Wildman–Crippen LogP) is 9.23. The van der Waals surface area contributed by atoms with Crippen molar-refractivity contribution in [1.29, 1.82) is 0 Å². The summed E-state index contributed by atoms with van der Waals surface area (Å²) in [5.41, 5.74) is 0.822. The van der Waals surface area contributed by atoms with Gasteiger partial charge >= 0.3 is 0 Å². The molecular formula is C20H38N2S5. The smallest absolute Gasteiger partial charge is 0.130 e. The summed E-state index contributed by atoms with van der Waals surface area (Å²) < 4.78 is 2.18. The molecule has 0 saturated carbocycles. The van der Waals surface area contributed by atoms with E-state index in [-0.39, 0.29) is 0 Å². The maximum Gasteiger partial charge on any atom is 0.185 e. The van der Waals surface area contributed by atoms with E-state index in [0.29, 0.717) is 10.8 Å². The van der Waals surface area contributed by atoms with Crippen molar-refractivity contribution in [3.8, 4) is 0 Å². The Balaban J connectivity index is 2.25. The lowest BCUT2D eigenvalue weighted by Crippen LogP contribution is -2.13. The van der Waals surface area contributed by atoms with Crippen molar-refractivity contribution in [2.45, 2.75) is 102 Å². The number of nitrogens with zero attached hydrogens (tertiary/aromatic N) is 2. The molecule has 1 aromatic heterocycles. The van der Waals surface area contributed by atoms with Gasteiger partial charge in [0.1, 0.15) is 0 Å². The van der Waals surface area contributed by atoms with Crippen LogP contribution in [0, 0.1) is 10.8 Å². The van der Waals surface area contributed by atoms with E-state index in [0.717, 1.165) is 8.68 Å². The molecule has 0 unspecified atom stereocenters. The molecule has 27 heavy (non-hydrogen) atoms. The van der Waals surface area contributed by atoms with Crippen molar-refractivity contribution in [3.63, 3.8) is 0 Å². The molecular weight excluding hydrogens is 429 g/mol. The molecule has 0 aliphatic carbocycles. The maximum absolute atomic E-state index is 4.36. The average molecular weight is 467 g/mol. The van der Waals surface area contributed by atoms with Gasteiger partial charge in [0.15, 0.2) is 8.68 Å². The van der Waals surface area contributed by atoms with Crippen molar-refractivity contribution < 1.29 is 0 Å². The number of hydrogen-bond donors (Lipinski definition) is 0. The highest BCUT2D eigenvalue weighted by Gasteiger charge is 2.20. The Bertz CT molecular complexity index is 460. The number of aromatic nitrogens is 2. The molecule has 0 N–H and O–H groups in total. The fraction of sp³-hybridized carbons (Fsp3) is 0.900. The van der Waals surface area contributed by atoms with Gasteiger partial charge in [-0.1, -0.05) is 113 Å². The van der Waals surface area contributed by atoms with Gasteiger partial charge in [0.2, 0.25) is 0 Å². The molecule has 0 amide bonds. The molecule has 1 heterocycles. The summed E-state index contributed by atoms with van der Waals surface area (Å²) in [6.45, 7) is 14.1. The Morgan fingerprint density at radius 3 is 1.48 bits per heavy atom. The Morgan fingerprint density at radius 2 is 1.11 bits per heavy atom. The second-order valence-corrected chi connectivity index (χ2v) is 14.8. The summed E-state index contributed by atoms with van der Waals surface area (Å²) in [6, 6.07) is 0. The monoisotopic (exact) mass is 466 g/mol. The van der Waals surface area contributed by atoms with Crippen LogP contribution in [0.1, 0.15) is 92.9 Å². The minimum atomic E-state index is 0.411. The van der Waals surface area contributed by atoms with E-state index in [4.69, 9.17) is 0 Å². The van der Waals surface area contributed by atoms with E-state index in [2.05, 4.69) is 51.7 Å². The van der Waals surface area contributed by atoms with Crippen LogP contribution in [0.2, 0.25) is 0 Å². The highest BCUT2D eigenvalue weighted by molar-refractivity contribution is 8.77. The summed E-state index contributed by atoms with van der Waals surface area (Å²) in [4.78, 5) is 0. The van der Waals surface area contributed by atoms with Crippen molar-refractivity contribution in [3.05, 3.63) is 0 Å². The van der Waals surface area contributed by atoms with Crippen LogP contribution in [0.5, 0.6) is 0 Å². The predicted molar refractivity (Wildman–Crippen MR) is 132 cm³/mol. The first-order valence-corrected chi connectivity index (χ1v) is 15.7. The Morgan fingerprint density at radius 1 is 0.704 bits per heavy atom. The summed E-state index contributed by atoms with van der Waals surface area (Å²) in [6.07, 6.45) is 10.6. The van der Waals surface area contributed by atoms with Crippen LogP contribution < -0.4 is 0 Å². The quantitative estimate of drug-likeness (QED) is 0.178. The fourth-order valence-electron chi connectivity index (χ4n) is 2.59. The van der Waals surface area contributed by atoms with Gasteiger partial charge in [-0.25, -0.2) is 0 Å². The van der Waals surface area contributed by atoms with Gasteiger partial charge in [-0.2, -0.15) is 0 Å². The molecule has 0 fully saturated rings. The second kappa shape index (κ2) is 14.1. The van der Waals surface area contributed by atoms with Crippen LogP contribution >= 0.6 is 54.5 Å². The molecule has 1 rings (SSSR count). The summed E-state index contributed by atoms with van der Waals surface area (Å²) in [5.74, 6) is 2.34. The fourth-order valence-corrected chi connectivity index (χ4v) is 9.76. The van der Waals surface area contributed by atoms with Gasteiger partial charge in [0.05, 0.1) is 0 Å². The topological polar surface area (TPSA) is 25.8 Å². The first kappa shape index (κ1) is 26.0. The molecule has 0 bridgehead atoms.